The fraction of sp³-hybridized carbons (Fsp3) is 1.00. The summed E-state index contributed by atoms with van der Waals surface area (Å²) in [6.07, 6.45) is 9.85. The van der Waals surface area contributed by atoms with Crippen LogP contribution >= 0.6 is 0 Å². The molecule has 0 bridgehead atoms. The molecule has 0 radical (unpaired) electrons. The first-order valence-electron chi connectivity index (χ1n) is 8.53. The molecule has 1 aliphatic heterocycles. The molecule has 1 saturated carbocycles. The number of likely N-dealkylation sites (tertiary alicyclic amines) is 1. The summed E-state index contributed by atoms with van der Waals surface area (Å²) in [6.45, 7) is 12.3. The first kappa shape index (κ1) is 15.3. The van der Waals surface area contributed by atoms with E-state index in [1.165, 1.54) is 71.1 Å². The second-order valence-corrected chi connectivity index (χ2v) is 7.68. The molecule has 2 aliphatic rings. The molecule has 1 heterocycles. The van der Waals surface area contributed by atoms with Gasteiger partial charge in [0.25, 0.3) is 0 Å². The standard InChI is InChI=1S/C17H34N2/c1-15-7-4-5-8-16(15)18-11-14-19-12-6-9-17(2,3)10-13-19/h15-16,18H,4-14H2,1-3H3. The van der Waals surface area contributed by atoms with Crippen LogP contribution in [0.3, 0.4) is 0 Å². The minimum atomic E-state index is 0.570. The largest absolute Gasteiger partial charge is 0.312 e. The van der Waals surface area contributed by atoms with E-state index in [-0.39, 0.29) is 0 Å². The van der Waals surface area contributed by atoms with Crippen LogP contribution in [0, 0.1) is 11.3 Å². The van der Waals surface area contributed by atoms with Gasteiger partial charge in [-0.2, -0.15) is 0 Å². The van der Waals surface area contributed by atoms with Gasteiger partial charge in [-0.05, 0) is 56.5 Å². The van der Waals surface area contributed by atoms with Gasteiger partial charge >= 0.3 is 0 Å². The second kappa shape index (κ2) is 7.08. The van der Waals surface area contributed by atoms with Crippen molar-refractivity contribution in [3.63, 3.8) is 0 Å². The van der Waals surface area contributed by atoms with Crippen LogP contribution in [0.25, 0.3) is 0 Å². The quantitative estimate of drug-likeness (QED) is 0.835. The molecule has 0 aromatic carbocycles. The first-order valence-corrected chi connectivity index (χ1v) is 8.53. The van der Waals surface area contributed by atoms with Gasteiger partial charge < -0.3 is 10.2 Å². The summed E-state index contributed by atoms with van der Waals surface area (Å²) in [7, 11) is 0. The maximum atomic E-state index is 3.82. The molecule has 1 saturated heterocycles. The minimum Gasteiger partial charge on any atom is -0.312 e. The molecular weight excluding hydrogens is 232 g/mol. The zero-order valence-corrected chi connectivity index (χ0v) is 13.4. The van der Waals surface area contributed by atoms with Crippen molar-refractivity contribution < 1.29 is 0 Å². The summed E-state index contributed by atoms with van der Waals surface area (Å²) in [4.78, 5) is 2.68. The van der Waals surface area contributed by atoms with Crippen LogP contribution in [0.2, 0.25) is 0 Å². The summed E-state index contributed by atoms with van der Waals surface area (Å²) in [5.74, 6) is 0.886. The maximum Gasteiger partial charge on any atom is 0.0107 e. The van der Waals surface area contributed by atoms with Gasteiger partial charge in [0.2, 0.25) is 0 Å². The Kier molecular flexibility index (Phi) is 5.70. The van der Waals surface area contributed by atoms with Gasteiger partial charge in [-0.1, -0.05) is 33.6 Å². The summed E-state index contributed by atoms with van der Waals surface area (Å²) in [6, 6.07) is 0.789. The van der Waals surface area contributed by atoms with Crippen molar-refractivity contribution in [2.45, 2.75) is 71.8 Å². The van der Waals surface area contributed by atoms with Crippen LogP contribution in [0.5, 0.6) is 0 Å². The Morgan fingerprint density at radius 2 is 1.84 bits per heavy atom. The lowest BCUT2D eigenvalue weighted by molar-refractivity contribution is 0.237. The zero-order chi connectivity index (χ0) is 13.7. The van der Waals surface area contributed by atoms with E-state index in [2.05, 4.69) is 31.0 Å². The number of nitrogens with one attached hydrogen (secondary N) is 1. The Bertz CT molecular complexity index is 262. The molecule has 19 heavy (non-hydrogen) atoms. The van der Waals surface area contributed by atoms with Gasteiger partial charge in [-0.15, -0.1) is 0 Å². The molecule has 1 N–H and O–H groups in total. The monoisotopic (exact) mass is 266 g/mol. The fourth-order valence-electron chi connectivity index (χ4n) is 3.73. The van der Waals surface area contributed by atoms with Gasteiger partial charge in [0.15, 0.2) is 0 Å². The van der Waals surface area contributed by atoms with E-state index in [0.717, 1.165) is 12.0 Å². The molecule has 0 spiro atoms. The third-order valence-corrected chi connectivity index (χ3v) is 5.38. The minimum absolute atomic E-state index is 0.570. The molecule has 0 aromatic heterocycles. The summed E-state index contributed by atoms with van der Waals surface area (Å²) in [5.41, 5.74) is 0.570. The van der Waals surface area contributed by atoms with Crippen molar-refractivity contribution in [3.8, 4) is 0 Å². The maximum absolute atomic E-state index is 3.82. The van der Waals surface area contributed by atoms with Gasteiger partial charge in [-0.3, -0.25) is 0 Å². The molecule has 2 atom stereocenters. The number of rotatable bonds is 4. The van der Waals surface area contributed by atoms with Crippen LogP contribution in [0.15, 0.2) is 0 Å². The van der Waals surface area contributed by atoms with Gasteiger partial charge in [-0.25, -0.2) is 0 Å². The third-order valence-electron chi connectivity index (χ3n) is 5.38. The molecule has 2 rings (SSSR count). The molecule has 2 heteroatoms. The van der Waals surface area contributed by atoms with Crippen molar-refractivity contribution in [2.75, 3.05) is 26.2 Å². The molecule has 0 amide bonds. The van der Waals surface area contributed by atoms with E-state index in [1.54, 1.807) is 0 Å². The Hall–Kier alpha value is -0.0800. The number of hydrogen-bond acceptors (Lipinski definition) is 2. The van der Waals surface area contributed by atoms with E-state index in [4.69, 9.17) is 0 Å². The van der Waals surface area contributed by atoms with Crippen molar-refractivity contribution in [2.24, 2.45) is 11.3 Å². The molecule has 2 unspecified atom stereocenters. The highest BCUT2D eigenvalue weighted by Gasteiger charge is 2.23. The lowest BCUT2D eigenvalue weighted by Gasteiger charge is -2.31. The average Bonchev–Trinajstić information content (AvgIpc) is 2.53. The highest BCUT2D eigenvalue weighted by Crippen LogP contribution is 2.29. The van der Waals surface area contributed by atoms with Crippen LogP contribution < -0.4 is 5.32 Å². The average molecular weight is 266 g/mol. The first-order chi connectivity index (χ1) is 9.07. The Labute approximate surface area is 120 Å². The smallest absolute Gasteiger partial charge is 0.0107 e. The van der Waals surface area contributed by atoms with Crippen molar-refractivity contribution in [1.82, 2.24) is 10.2 Å². The van der Waals surface area contributed by atoms with Crippen LogP contribution in [0.1, 0.15) is 65.7 Å². The lowest BCUT2D eigenvalue weighted by atomic mass is 9.85. The van der Waals surface area contributed by atoms with E-state index in [9.17, 15) is 0 Å². The van der Waals surface area contributed by atoms with Gasteiger partial charge in [0.05, 0.1) is 0 Å². The van der Waals surface area contributed by atoms with Crippen molar-refractivity contribution in [3.05, 3.63) is 0 Å². The van der Waals surface area contributed by atoms with E-state index in [1.807, 2.05) is 0 Å². The van der Waals surface area contributed by atoms with Crippen molar-refractivity contribution >= 4 is 0 Å². The summed E-state index contributed by atoms with van der Waals surface area (Å²) < 4.78 is 0. The molecule has 1 aliphatic carbocycles. The van der Waals surface area contributed by atoms with E-state index in [0.29, 0.717) is 5.41 Å². The van der Waals surface area contributed by atoms with Crippen LogP contribution in [-0.4, -0.2) is 37.1 Å². The zero-order valence-electron chi connectivity index (χ0n) is 13.4. The molecule has 0 aromatic rings. The van der Waals surface area contributed by atoms with E-state index < -0.39 is 0 Å². The predicted molar refractivity (Wildman–Crippen MR) is 83.5 cm³/mol. The molecular formula is C17H34N2. The van der Waals surface area contributed by atoms with E-state index >= 15 is 0 Å². The van der Waals surface area contributed by atoms with Crippen LogP contribution in [-0.2, 0) is 0 Å². The summed E-state index contributed by atoms with van der Waals surface area (Å²) in [5, 5.41) is 3.82. The third kappa shape index (κ3) is 5.07. The molecule has 112 valence electrons. The Morgan fingerprint density at radius 1 is 1.05 bits per heavy atom. The lowest BCUT2D eigenvalue weighted by Crippen LogP contribution is -2.42. The highest BCUT2D eigenvalue weighted by molar-refractivity contribution is 4.80. The number of hydrogen-bond donors (Lipinski definition) is 1. The van der Waals surface area contributed by atoms with Crippen LogP contribution in [0.4, 0.5) is 0 Å². The Morgan fingerprint density at radius 3 is 2.63 bits per heavy atom. The topological polar surface area (TPSA) is 15.3 Å². The predicted octanol–water partition coefficient (Wildman–Crippen LogP) is 3.67. The van der Waals surface area contributed by atoms with Gasteiger partial charge in [0, 0.05) is 19.1 Å². The SMILES string of the molecule is CC1CCCCC1NCCN1CCCC(C)(C)CC1. The normalized spacial score (nSPS) is 33.0. The van der Waals surface area contributed by atoms with Crippen molar-refractivity contribution in [1.29, 1.82) is 0 Å². The summed E-state index contributed by atoms with van der Waals surface area (Å²) >= 11 is 0. The Balaban J connectivity index is 1.65. The molecule has 2 nitrogen and oxygen atoms in total. The fourth-order valence-corrected chi connectivity index (χ4v) is 3.73. The number of nitrogens with zero attached hydrogens (tertiary/aromatic N) is 1. The second-order valence-electron chi connectivity index (χ2n) is 7.68. The molecule has 2 fully saturated rings. The van der Waals surface area contributed by atoms with Gasteiger partial charge in [0.1, 0.15) is 0 Å². The highest BCUT2D eigenvalue weighted by atomic mass is 15.1.